The number of anilines is 1. The van der Waals surface area contributed by atoms with E-state index in [-0.39, 0.29) is 5.91 Å². The third-order valence-electron chi connectivity index (χ3n) is 9.62. The van der Waals surface area contributed by atoms with Crippen LogP contribution in [0.4, 0.5) is 5.69 Å². The quantitative estimate of drug-likeness (QED) is 0.214. The predicted octanol–water partition coefficient (Wildman–Crippen LogP) is 8.76. The average molecular weight is 552 g/mol. The first kappa shape index (κ1) is 29.6. The van der Waals surface area contributed by atoms with Crippen molar-refractivity contribution in [2.45, 2.75) is 103 Å². The van der Waals surface area contributed by atoms with Crippen LogP contribution >= 0.6 is 0 Å². The minimum atomic E-state index is -0.436. The fourth-order valence-corrected chi connectivity index (χ4v) is 6.14. The number of amides is 1. The van der Waals surface area contributed by atoms with Gasteiger partial charge in [0.15, 0.2) is 0 Å². The highest BCUT2D eigenvalue weighted by atomic mass is 16.7. The standard InChI is InChI=1S/C36H46BNO3/c1-6-7-8-9-26-10-12-27(13-11-26)28-14-16-29(17-15-28)30-20-24-33(25-21-30)38-34(39)31-18-22-32(23-19-31)37-40-35(2,3)36(4,5)41-37/h14-27H,6-13H2,1-5H3,(H,38,39)/t26-,27-. The van der Waals surface area contributed by atoms with E-state index in [9.17, 15) is 4.79 Å². The first-order valence-electron chi connectivity index (χ1n) is 15.6. The van der Waals surface area contributed by atoms with Crippen LogP contribution in [0.15, 0.2) is 72.8 Å². The van der Waals surface area contributed by atoms with Gasteiger partial charge in [0.2, 0.25) is 0 Å². The van der Waals surface area contributed by atoms with Gasteiger partial charge in [0, 0.05) is 11.3 Å². The summed E-state index contributed by atoms with van der Waals surface area (Å²) in [6.07, 6.45) is 10.9. The van der Waals surface area contributed by atoms with Crippen molar-refractivity contribution in [2.24, 2.45) is 5.92 Å². The van der Waals surface area contributed by atoms with Crippen LogP contribution < -0.4 is 10.8 Å². The van der Waals surface area contributed by atoms with Crippen LogP contribution in [-0.4, -0.2) is 24.2 Å². The largest absolute Gasteiger partial charge is 0.494 e. The number of carbonyl (C=O) groups is 1. The SMILES string of the molecule is CCCCC[C@H]1CC[C@H](c2ccc(-c3ccc(NC(=O)c4ccc(B5OC(C)(C)C(C)(C)O5)cc4)cc3)cc2)CC1. The Balaban J connectivity index is 1.14. The number of hydrogen-bond donors (Lipinski definition) is 1. The number of unbranched alkanes of at least 4 members (excludes halogenated alkanes) is 2. The van der Waals surface area contributed by atoms with Gasteiger partial charge >= 0.3 is 7.12 Å². The molecule has 1 saturated heterocycles. The normalized spacial score (nSPS) is 21.5. The van der Waals surface area contributed by atoms with Gasteiger partial charge in [0.25, 0.3) is 5.91 Å². The molecule has 1 amide bonds. The summed E-state index contributed by atoms with van der Waals surface area (Å²) in [5.74, 6) is 1.51. The second kappa shape index (κ2) is 12.5. The molecule has 2 fully saturated rings. The van der Waals surface area contributed by atoms with Gasteiger partial charge in [-0.1, -0.05) is 81.1 Å². The number of rotatable bonds is 9. The Labute approximate surface area is 247 Å². The minimum Gasteiger partial charge on any atom is -0.399 e. The highest BCUT2D eigenvalue weighted by molar-refractivity contribution is 6.62. The fraction of sp³-hybridized carbons (Fsp3) is 0.472. The number of benzene rings is 3. The van der Waals surface area contributed by atoms with Gasteiger partial charge in [-0.3, -0.25) is 4.79 Å². The lowest BCUT2D eigenvalue weighted by atomic mass is 9.77. The molecule has 3 aromatic rings. The van der Waals surface area contributed by atoms with E-state index in [0.29, 0.717) is 11.5 Å². The van der Waals surface area contributed by atoms with Gasteiger partial charge in [0.05, 0.1) is 11.2 Å². The van der Waals surface area contributed by atoms with E-state index in [2.05, 4.69) is 48.6 Å². The van der Waals surface area contributed by atoms with E-state index in [4.69, 9.17) is 9.31 Å². The van der Waals surface area contributed by atoms with Crippen molar-refractivity contribution in [1.82, 2.24) is 0 Å². The molecule has 0 radical (unpaired) electrons. The van der Waals surface area contributed by atoms with Crippen molar-refractivity contribution >= 4 is 24.2 Å². The Morgan fingerprint density at radius 3 is 1.90 bits per heavy atom. The smallest absolute Gasteiger partial charge is 0.399 e. The molecule has 0 atom stereocenters. The molecule has 216 valence electrons. The van der Waals surface area contributed by atoms with Gasteiger partial charge in [0.1, 0.15) is 0 Å². The summed E-state index contributed by atoms with van der Waals surface area (Å²) < 4.78 is 12.3. The molecular formula is C36H46BNO3. The highest BCUT2D eigenvalue weighted by Crippen LogP contribution is 2.39. The lowest BCUT2D eigenvalue weighted by Crippen LogP contribution is -2.41. The Morgan fingerprint density at radius 2 is 1.34 bits per heavy atom. The van der Waals surface area contributed by atoms with Gasteiger partial charge in [-0.05, 0) is 112 Å². The maximum atomic E-state index is 12.9. The Hall–Kier alpha value is -2.89. The molecule has 0 spiro atoms. The molecule has 41 heavy (non-hydrogen) atoms. The monoisotopic (exact) mass is 551 g/mol. The van der Waals surface area contributed by atoms with Gasteiger partial charge in [-0.2, -0.15) is 0 Å². The predicted molar refractivity (Wildman–Crippen MR) is 171 cm³/mol. The summed E-state index contributed by atoms with van der Waals surface area (Å²) >= 11 is 0. The maximum absolute atomic E-state index is 12.9. The summed E-state index contributed by atoms with van der Waals surface area (Å²) in [4.78, 5) is 12.9. The topological polar surface area (TPSA) is 47.6 Å². The maximum Gasteiger partial charge on any atom is 0.494 e. The van der Waals surface area contributed by atoms with Crippen molar-refractivity contribution in [1.29, 1.82) is 0 Å². The van der Waals surface area contributed by atoms with Crippen LogP contribution in [0.2, 0.25) is 0 Å². The molecule has 0 aromatic heterocycles. The van der Waals surface area contributed by atoms with Crippen molar-refractivity contribution in [3.8, 4) is 11.1 Å². The molecule has 1 aliphatic carbocycles. The van der Waals surface area contributed by atoms with Crippen LogP contribution in [0, 0.1) is 5.92 Å². The Morgan fingerprint density at radius 1 is 0.780 bits per heavy atom. The molecule has 1 N–H and O–H groups in total. The molecular weight excluding hydrogens is 505 g/mol. The molecule has 2 aliphatic rings. The van der Waals surface area contributed by atoms with Crippen molar-refractivity contribution in [3.05, 3.63) is 83.9 Å². The van der Waals surface area contributed by atoms with Crippen LogP contribution in [0.1, 0.15) is 108 Å². The summed E-state index contributed by atoms with van der Waals surface area (Å²) in [6, 6.07) is 24.7. The fourth-order valence-electron chi connectivity index (χ4n) is 6.14. The Kier molecular flexibility index (Phi) is 9.06. The zero-order valence-electron chi connectivity index (χ0n) is 25.5. The van der Waals surface area contributed by atoms with Gasteiger partial charge < -0.3 is 14.6 Å². The number of carbonyl (C=O) groups excluding carboxylic acids is 1. The molecule has 5 heteroatoms. The molecule has 0 unspecified atom stereocenters. The summed E-state index contributed by atoms with van der Waals surface area (Å²) in [5.41, 5.74) is 5.34. The zero-order valence-corrected chi connectivity index (χ0v) is 25.5. The third kappa shape index (κ3) is 6.96. The van der Waals surface area contributed by atoms with E-state index in [1.807, 2.05) is 64.1 Å². The van der Waals surface area contributed by atoms with E-state index in [1.54, 1.807) is 0 Å². The second-order valence-electron chi connectivity index (χ2n) is 13.1. The molecule has 1 aliphatic heterocycles. The van der Waals surface area contributed by atoms with Crippen molar-refractivity contribution < 1.29 is 14.1 Å². The molecule has 1 saturated carbocycles. The molecule has 1 heterocycles. The summed E-state index contributed by atoms with van der Waals surface area (Å²) in [5, 5.41) is 3.02. The lowest BCUT2D eigenvalue weighted by Gasteiger charge is -2.32. The number of nitrogens with one attached hydrogen (secondary N) is 1. The molecule has 5 rings (SSSR count). The summed E-state index contributed by atoms with van der Waals surface area (Å²) in [6.45, 7) is 10.4. The van der Waals surface area contributed by atoms with E-state index < -0.39 is 18.3 Å². The van der Waals surface area contributed by atoms with Gasteiger partial charge in [-0.25, -0.2) is 0 Å². The van der Waals surface area contributed by atoms with Crippen LogP contribution in [0.5, 0.6) is 0 Å². The van der Waals surface area contributed by atoms with E-state index >= 15 is 0 Å². The molecule has 3 aromatic carbocycles. The van der Waals surface area contributed by atoms with E-state index in [0.717, 1.165) is 22.6 Å². The summed E-state index contributed by atoms with van der Waals surface area (Å²) in [7, 11) is -0.436. The lowest BCUT2D eigenvalue weighted by molar-refractivity contribution is 0.00578. The first-order valence-corrected chi connectivity index (χ1v) is 15.6. The van der Waals surface area contributed by atoms with Crippen LogP contribution in [0.25, 0.3) is 11.1 Å². The molecule has 0 bridgehead atoms. The van der Waals surface area contributed by atoms with E-state index in [1.165, 1.54) is 62.5 Å². The van der Waals surface area contributed by atoms with Crippen LogP contribution in [-0.2, 0) is 9.31 Å². The average Bonchev–Trinajstić information content (AvgIpc) is 3.20. The second-order valence-corrected chi connectivity index (χ2v) is 13.1. The van der Waals surface area contributed by atoms with Crippen molar-refractivity contribution in [3.63, 3.8) is 0 Å². The Bertz CT molecular complexity index is 1270. The third-order valence-corrected chi connectivity index (χ3v) is 9.62. The zero-order chi connectivity index (χ0) is 29.0. The number of hydrogen-bond acceptors (Lipinski definition) is 3. The van der Waals surface area contributed by atoms with Gasteiger partial charge in [-0.15, -0.1) is 0 Å². The highest BCUT2D eigenvalue weighted by Gasteiger charge is 2.51. The van der Waals surface area contributed by atoms with Crippen molar-refractivity contribution in [2.75, 3.05) is 5.32 Å². The first-order chi connectivity index (χ1) is 19.6. The minimum absolute atomic E-state index is 0.136. The molecule has 4 nitrogen and oxygen atoms in total. The van der Waals surface area contributed by atoms with Crippen LogP contribution in [0.3, 0.4) is 0 Å².